The van der Waals surface area contributed by atoms with Crippen LogP contribution >= 0.6 is 0 Å². The van der Waals surface area contributed by atoms with E-state index in [1.807, 2.05) is 18.3 Å². The number of aromatic nitrogens is 1. The first-order valence-corrected chi connectivity index (χ1v) is 7.66. The lowest BCUT2D eigenvalue weighted by atomic mass is 9.98. The number of methoxy groups -OCH3 is 1. The second-order valence-corrected chi connectivity index (χ2v) is 5.61. The van der Waals surface area contributed by atoms with Crippen molar-refractivity contribution in [2.75, 3.05) is 13.7 Å². The molecule has 1 aliphatic rings. The van der Waals surface area contributed by atoms with Crippen LogP contribution in [0.5, 0.6) is 5.75 Å². The molecule has 1 N–H and O–H groups in total. The van der Waals surface area contributed by atoms with E-state index in [9.17, 15) is 0 Å². The van der Waals surface area contributed by atoms with Crippen LogP contribution in [0.2, 0.25) is 0 Å². The van der Waals surface area contributed by atoms with E-state index in [-0.39, 0.29) is 0 Å². The number of hydrogen-bond acceptors (Lipinski definition) is 3. The molecule has 3 rings (SSSR count). The van der Waals surface area contributed by atoms with Gasteiger partial charge in [0.15, 0.2) is 0 Å². The summed E-state index contributed by atoms with van der Waals surface area (Å²) in [6.07, 6.45) is 6.72. The molecule has 0 amide bonds. The largest absolute Gasteiger partial charge is 0.497 e. The van der Waals surface area contributed by atoms with Crippen molar-refractivity contribution in [3.63, 3.8) is 0 Å². The van der Waals surface area contributed by atoms with E-state index in [0.29, 0.717) is 6.04 Å². The first kappa shape index (κ1) is 14.1. The van der Waals surface area contributed by atoms with Gasteiger partial charge in [0.05, 0.1) is 7.11 Å². The van der Waals surface area contributed by atoms with E-state index in [0.717, 1.165) is 24.4 Å². The fourth-order valence-corrected chi connectivity index (χ4v) is 2.84. The molecule has 0 bridgehead atoms. The number of rotatable bonds is 4. The van der Waals surface area contributed by atoms with Gasteiger partial charge in [-0.2, -0.15) is 0 Å². The highest BCUT2D eigenvalue weighted by atomic mass is 16.5. The summed E-state index contributed by atoms with van der Waals surface area (Å²) in [7, 11) is 1.69. The highest BCUT2D eigenvalue weighted by Gasteiger charge is 2.14. The van der Waals surface area contributed by atoms with Crippen molar-refractivity contribution in [1.29, 1.82) is 0 Å². The minimum Gasteiger partial charge on any atom is -0.497 e. The molecule has 1 aromatic carbocycles. The van der Waals surface area contributed by atoms with E-state index in [1.165, 1.54) is 30.4 Å². The van der Waals surface area contributed by atoms with Crippen LogP contribution in [0.1, 0.15) is 42.1 Å². The molecule has 0 radical (unpaired) electrons. The Labute approximate surface area is 126 Å². The lowest BCUT2D eigenvalue weighted by molar-refractivity contribution is 0.411. The maximum absolute atomic E-state index is 5.18. The van der Waals surface area contributed by atoms with Gasteiger partial charge < -0.3 is 10.1 Å². The second kappa shape index (κ2) is 6.72. The minimum atomic E-state index is 0.487. The van der Waals surface area contributed by atoms with E-state index in [1.54, 1.807) is 7.11 Å². The Hall–Kier alpha value is -1.87. The minimum absolute atomic E-state index is 0.487. The number of piperidine rings is 1. The van der Waals surface area contributed by atoms with Gasteiger partial charge in [-0.1, -0.05) is 24.6 Å². The summed E-state index contributed by atoms with van der Waals surface area (Å²) in [6, 6.07) is 13.0. The molecule has 1 aromatic heterocycles. The zero-order valence-corrected chi connectivity index (χ0v) is 12.5. The second-order valence-electron chi connectivity index (χ2n) is 5.61. The van der Waals surface area contributed by atoms with Crippen molar-refractivity contribution < 1.29 is 4.74 Å². The van der Waals surface area contributed by atoms with Crippen molar-refractivity contribution in [2.45, 2.75) is 31.7 Å². The normalized spacial score (nSPS) is 18.4. The maximum atomic E-state index is 5.18. The number of benzene rings is 1. The van der Waals surface area contributed by atoms with Crippen molar-refractivity contribution >= 4 is 0 Å². The van der Waals surface area contributed by atoms with Crippen LogP contribution in [0, 0.1) is 0 Å². The van der Waals surface area contributed by atoms with E-state index >= 15 is 0 Å². The zero-order valence-electron chi connectivity index (χ0n) is 12.5. The third-order valence-corrected chi connectivity index (χ3v) is 4.10. The van der Waals surface area contributed by atoms with Gasteiger partial charge in [0.1, 0.15) is 5.75 Å². The molecule has 0 spiro atoms. The molecule has 1 fully saturated rings. The van der Waals surface area contributed by atoms with E-state index in [4.69, 9.17) is 4.74 Å². The van der Waals surface area contributed by atoms with Crippen LogP contribution in [-0.4, -0.2) is 18.6 Å². The van der Waals surface area contributed by atoms with Gasteiger partial charge in [-0.15, -0.1) is 0 Å². The summed E-state index contributed by atoms with van der Waals surface area (Å²) in [5, 5.41) is 3.56. The standard InChI is InChI=1S/C18H22N2O/c1-21-17-9-5-14(6-10-17)12-16-8-7-15(13-20-16)18-4-2-3-11-19-18/h5-10,13,18-19H,2-4,11-12H2,1H3/t18-/m0/s1. The summed E-state index contributed by atoms with van der Waals surface area (Å²) in [4.78, 5) is 4.62. The van der Waals surface area contributed by atoms with Crippen LogP contribution in [0.25, 0.3) is 0 Å². The number of pyridine rings is 1. The van der Waals surface area contributed by atoms with Crippen LogP contribution in [0.15, 0.2) is 42.6 Å². The van der Waals surface area contributed by atoms with Gasteiger partial charge in [-0.3, -0.25) is 4.98 Å². The van der Waals surface area contributed by atoms with Gasteiger partial charge in [-0.05, 0) is 48.7 Å². The van der Waals surface area contributed by atoms with Crippen molar-refractivity contribution in [3.05, 3.63) is 59.4 Å². The molecule has 21 heavy (non-hydrogen) atoms. The fraction of sp³-hybridized carbons (Fsp3) is 0.389. The van der Waals surface area contributed by atoms with Crippen LogP contribution in [0.4, 0.5) is 0 Å². The summed E-state index contributed by atoms with van der Waals surface area (Å²) in [5.74, 6) is 0.894. The van der Waals surface area contributed by atoms with Gasteiger partial charge >= 0.3 is 0 Å². The third-order valence-electron chi connectivity index (χ3n) is 4.10. The number of nitrogens with zero attached hydrogens (tertiary/aromatic N) is 1. The van der Waals surface area contributed by atoms with E-state index < -0.39 is 0 Å². The summed E-state index contributed by atoms with van der Waals surface area (Å²) in [6.45, 7) is 1.12. The molecule has 1 aliphatic heterocycles. The van der Waals surface area contributed by atoms with Crippen LogP contribution in [-0.2, 0) is 6.42 Å². The maximum Gasteiger partial charge on any atom is 0.118 e. The van der Waals surface area contributed by atoms with Crippen LogP contribution < -0.4 is 10.1 Å². The Morgan fingerprint density at radius 3 is 2.62 bits per heavy atom. The molecular weight excluding hydrogens is 260 g/mol. The first-order valence-electron chi connectivity index (χ1n) is 7.66. The van der Waals surface area contributed by atoms with E-state index in [2.05, 4.69) is 34.6 Å². The predicted octanol–water partition coefficient (Wildman–Crippen LogP) is 3.50. The molecule has 1 atom stereocenters. The monoisotopic (exact) mass is 282 g/mol. The Morgan fingerprint density at radius 2 is 2.00 bits per heavy atom. The molecule has 2 heterocycles. The molecule has 0 unspecified atom stereocenters. The van der Waals surface area contributed by atoms with Crippen LogP contribution in [0.3, 0.4) is 0 Å². The third kappa shape index (κ3) is 3.61. The average molecular weight is 282 g/mol. The molecular formula is C18H22N2O. The lowest BCUT2D eigenvalue weighted by Gasteiger charge is -2.23. The zero-order chi connectivity index (χ0) is 14.5. The quantitative estimate of drug-likeness (QED) is 0.932. The SMILES string of the molecule is COc1ccc(Cc2ccc([C@@H]3CCCCN3)cn2)cc1. The highest BCUT2D eigenvalue weighted by Crippen LogP contribution is 2.22. The molecule has 3 heteroatoms. The predicted molar refractivity (Wildman–Crippen MR) is 84.6 cm³/mol. The van der Waals surface area contributed by atoms with Crippen molar-refractivity contribution in [3.8, 4) is 5.75 Å². The molecule has 0 aliphatic carbocycles. The molecule has 1 saturated heterocycles. The van der Waals surface area contributed by atoms with Crippen molar-refractivity contribution in [2.24, 2.45) is 0 Å². The highest BCUT2D eigenvalue weighted by molar-refractivity contribution is 5.30. The average Bonchev–Trinajstić information content (AvgIpc) is 2.57. The van der Waals surface area contributed by atoms with Gasteiger partial charge in [0.2, 0.25) is 0 Å². The number of hydrogen-bond donors (Lipinski definition) is 1. The Morgan fingerprint density at radius 1 is 1.14 bits per heavy atom. The summed E-state index contributed by atoms with van der Waals surface area (Å²) >= 11 is 0. The first-order chi connectivity index (χ1) is 10.3. The Bertz CT molecular complexity index is 557. The molecule has 3 nitrogen and oxygen atoms in total. The van der Waals surface area contributed by atoms with Gasteiger partial charge in [-0.25, -0.2) is 0 Å². The summed E-state index contributed by atoms with van der Waals surface area (Å²) in [5.41, 5.74) is 3.68. The molecule has 2 aromatic rings. The lowest BCUT2D eigenvalue weighted by Crippen LogP contribution is -2.26. The molecule has 110 valence electrons. The summed E-state index contributed by atoms with van der Waals surface area (Å²) < 4.78 is 5.18. The van der Waals surface area contributed by atoms with Crippen molar-refractivity contribution in [1.82, 2.24) is 10.3 Å². The topological polar surface area (TPSA) is 34.1 Å². The van der Waals surface area contributed by atoms with Gasteiger partial charge in [0.25, 0.3) is 0 Å². The smallest absolute Gasteiger partial charge is 0.118 e. The molecule has 0 saturated carbocycles. The number of nitrogens with one attached hydrogen (secondary N) is 1. The fourth-order valence-electron chi connectivity index (χ4n) is 2.84. The Balaban J connectivity index is 1.65. The Kier molecular flexibility index (Phi) is 4.51. The number of ether oxygens (including phenoxy) is 1. The van der Waals surface area contributed by atoms with Gasteiger partial charge in [0, 0.05) is 24.4 Å².